The lowest BCUT2D eigenvalue weighted by atomic mass is 10.1. The Morgan fingerprint density at radius 3 is 2.69 bits per heavy atom. The van der Waals surface area contributed by atoms with Crippen LogP contribution in [0, 0.1) is 0 Å². The molecule has 0 fully saturated rings. The van der Waals surface area contributed by atoms with Gasteiger partial charge in [0.05, 0.1) is 11.9 Å². The van der Waals surface area contributed by atoms with E-state index in [1.54, 1.807) is 0 Å². The number of aromatic nitrogens is 4. The molecular weight excluding hydrogens is 202 g/mol. The van der Waals surface area contributed by atoms with Crippen LogP contribution >= 0.6 is 0 Å². The van der Waals surface area contributed by atoms with Crippen molar-refractivity contribution in [2.45, 2.75) is 12.5 Å². The van der Waals surface area contributed by atoms with Gasteiger partial charge in [-0.2, -0.15) is 10.2 Å². The van der Waals surface area contributed by atoms with E-state index in [0.717, 1.165) is 12.1 Å². The van der Waals surface area contributed by atoms with Gasteiger partial charge in [-0.3, -0.25) is 9.36 Å². The van der Waals surface area contributed by atoms with Crippen molar-refractivity contribution in [2.24, 2.45) is 14.1 Å². The molecule has 0 amide bonds. The van der Waals surface area contributed by atoms with Gasteiger partial charge in [-0.25, -0.2) is 0 Å². The summed E-state index contributed by atoms with van der Waals surface area (Å²) in [5, 5.41) is 11.9. The second kappa shape index (κ2) is 4.49. The van der Waals surface area contributed by atoms with Gasteiger partial charge in [-0.05, 0) is 13.1 Å². The molecule has 0 aliphatic heterocycles. The third-order valence-electron chi connectivity index (χ3n) is 2.66. The van der Waals surface area contributed by atoms with E-state index in [1.165, 1.54) is 5.56 Å². The highest BCUT2D eigenvalue weighted by molar-refractivity contribution is 5.14. The van der Waals surface area contributed by atoms with Gasteiger partial charge < -0.3 is 5.32 Å². The number of nitrogens with zero attached hydrogens (tertiary/aromatic N) is 4. The Kier molecular flexibility index (Phi) is 3.05. The molecule has 1 unspecified atom stereocenters. The standard InChI is InChI=1S/C11H17N5/c1-12-11(9-7-13-16(3)8-9)6-10-4-5-15(2)14-10/h4-5,7-8,11-12H,6H2,1-3H3. The molecule has 2 aromatic heterocycles. The summed E-state index contributed by atoms with van der Waals surface area (Å²) in [6.45, 7) is 0. The van der Waals surface area contributed by atoms with Gasteiger partial charge in [0.15, 0.2) is 0 Å². The zero-order valence-electron chi connectivity index (χ0n) is 9.88. The van der Waals surface area contributed by atoms with Crippen LogP contribution in [0.4, 0.5) is 0 Å². The SMILES string of the molecule is CNC(Cc1ccn(C)n1)c1cnn(C)c1. The lowest BCUT2D eigenvalue weighted by Crippen LogP contribution is -2.18. The lowest BCUT2D eigenvalue weighted by molar-refractivity contribution is 0.576. The fourth-order valence-electron chi connectivity index (χ4n) is 1.79. The van der Waals surface area contributed by atoms with E-state index >= 15 is 0 Å². The van der Waals surface area contributed by atoms with Gasteiger partial charge in [0.25, 0.3) is 0 Å². The first-order valence-corrected chi connectivity index (χ1v) is 5.33. The predicted molar refractivity (Wildman–Crippen MR) is 61.9 cm³/mol. The minimum Gasteiger partial charge on any atom is -0.313 e. The molecule has 1 N–H and O–H groups in total. The van der Waals surface area contributed by atoms with Crippen LogP contribution in [-0.2, 0) is 20.5 Å². The molecule has 2 rings (SSSR count). The highest BCUT2D eigenvalue weighted by Crippen LogP contribution is 2.15. The normalized spacial score (nSPS) is 12.9. The number of hydrogen-bond donors (Lipinski definition) is 1. The van der Waals surface area contributed by atoms with Crippen molar-refractivity contribution in [3.05, 3.63) is 35.9 Å². The third-order valence-corrected chi connectivity index (χ3v) is 2.66. The average molecular weight is 219 g/mol. The van der Waals surface area contributed by atoms with Crippen LogP contribution in [0.2, 0.25) is 0 Å². The van der Waals surface area contributed by atoms with Crippen molar-refractivity contribution in [3.63, 3.8) is 0 Å². The van der Waals surface area contributed by atoms with Crippen LogP contribution < -0.4 is 5.32 Å². The Morgan fingerprint density at radius 2 is 2.19 bits per heavy atom. The second-order valence-electron chi connectivity index (χ2n) is 3.97. The maximum absolute atomic E-state index is 4.38. The van der Waals surface area contributed by atoms with Gasteiger partial charge in [-0.15, -0.1) is 0 Å². The van der Waals surface area contributed by atoms with E-state index in [2.05, 4.69) is 15.5 Å². The van der Waals surface area contributed by atoms with E-state index in [4.69, 9.17) is 0 Å². The van der Waals surface area contributed by atoms with E-state index in [9.17, 15) is 0 Å². The fraction of sp³-hybridized carbons (Fsp3) is 0.455. The summed E-state index contributed by atoms with van der Waals surface area (Å²) in [4.78, 5) is 0. The number of rotatable bonds is 4. The van der Waals surface area contributed by atoms with Crippen molar-refractivity contribution in [1.82, 2.24) is 24.9 Å². The lowest BCUT2D eigenvalue weighted by Gasteiger charge is -2.12. The van der Waals surface area contributed by atoms with Gasteiger partial charge in [0.1, 0.15) is 0 Å². The van der Waals surface area contributed by atoms with Crippen molar-refractivity contribution >= 4 is 0 Å². The molecule has 1 atom stereocenters. The molecule has 5 nitrogen and oxygen atoms in total. The quantitative estimate of drug-likeness (QED) is 0.821. The summed E-state index contributed by atoms with van der Waals surface area (Å²) in [6.07, 6.45) is 6.77. The van der Waals surface area contributed by atoms with E-state index < -0.39 is 0 Å². The van der Waals surface area contributed by atoms with Crippen molar-refractivity contribution in [3.8, 4) is 0 Å². The Hall–Kier alpha value is -1.62. The molecule has 0 spiro atoms. The Bertz CT molecular complexity index is 456. The fourth-order valence-corrected chi connectivity index (χ4v) is 1.79. The van der Waals surface area contributed by atoms with E-state index in [1.807, 2.05) is 55.2 Å². The van der Waals surface area contributed by atoms with Gasteiger partial charge in [0, 0.05) is 44.5 Å². The summed E-state index contributed by atoms with van der Waals surface area (Å²) in [7, 11) is 5.82. The zero-order chi connectivity index (χ0) is 11.5. The predicted octanol–water partition coefficient (Wildman–Crippen LogP) is 0.657. The molecule has 0 saturated heterocycles. The summed E-state index contributed by atoms with van der Waals surface area (Å²) in [6, 6.07) is 2.31. The molecule has 2 heterocycles. The van der Waals surface area contributed by atoms with Gasteiger partial charge in [0.2, 0.25) is 0 Å². The van der Waals surface area contributed by atoms with Gasteiger partial charge >= 0.3 is 0 Å². The second-order valence-corrected chi connectivity index (χ2v) is 3.97. The first-order valence-electron chi connectivity index (χ1n) is 5.33. The molecule has 0 aliphatic rings. The van der Waals surface area contributed by atoms with Crippen molar-refractivity contribution in [2.75, 3.05) is 7.05 Å². The third kappa shape index (κ3) is 2.30. The average Bonchev–Trinajstić information content (AvgIpc) is 2.84. The minimum atomic E-state index is 0.267. The first kappa shape index (κ1) is 10.9. The minimum absolute atomic E-state index is 0.267. The van der Waals surface area contributed by atoms with Crippen LogP contribution in [0.1, 0.15) is 17.3 Å². The monoisotopic (exact) mass is 219 g/mol. The van der Waals surface area contributed by atoms with Crippen molar-refractivity contribution in [1.29, 1.82) is 0 Å². The molecule has 0 aromatic carbocycles. The molecule has 0 radical (unpaired) electrons. The first-order chi connectivity index (χ1) is 7.69. The summed E-state index contributed by atoms with van der Waals surface area (Å²) >= 11 is 0. The van der Waals surface area contributed by atoms with Crippen LogP contribution in [0.5, 0.6) is 0 Å². The molecule has 0 aliphatic carbocycles. The number of nitrogens with one attached hydrogen (secondary N) is 1. The van der Waals surface area contributed by atoms with Gasteiger partial charge in [-0.1, -0.05) is 0 Å². The van der Waals surface area contributed by atoms with Crippen LogP contribution in [0.15, 0.2) is 24.7 Å². The topological polar surface area (TPSA) is 47.7 Å². The number of likely N-dealkylation sites (N-methyl/N-ethyl adjacent to an activating group) is 1. The molecule has 0 saturated carbocycles. The molecule has 16 heavy (non-hydrogen) atoms. The Labute approximate surface area is 95.1 Å². The Morgan fingerprint density at radius 1 is 1.38 bits per heavy atom. The van der Waals surface area contributed by atoms with Crippen LogP contribution in [0.25, 0.3) is 0 Å². The zero-order valence-corrected chi connectivity index (χ0v) is 9.88. The molecule has 0 bridgehead atoms. The maximum Gasteiger partial charge on any atom is 0.0643 e. The number of aryl methyl sites for hydroxylation is 2. The largest absolute Gasteiger partial charge is 0.313 e. The highest BCUT2D eigenvalue weighted by Gasteiger charge is 2.13. The van der Waals surface area contributed by atoms with Crippen LogP contribution in [-0.4, -0.2) is 26.6 Å². The van der Waals surface area contributed by atoms with E-state index in [0.29, 0.717) is 0 Å². The Balaban J connectivity index is 2.12. The highest BCUT2D eigenvalue weighted by atomic mass is 15.3. The van der Waals surface area contributed by atoms with Crippen LogP contribution in [0.3, 0.4) is 0 Å². The van der Waals surface area contributed by atoms with Crippen molar-refractivity contribution < 1.29 is 0 Å². The summed E-state index contributed by atoms with van der Waals surface area (Å²) in [5.41, 5.74) is 2.28. The summed E-state index contributed by atoms with van der Waals surface area (Å²) in [5.74, 6) is 0. The molecule has 5 heteroatoms. The smallest absolute Gasteiger partial charge is 0.0643 e. The van der Waals surface area contributed by atoms with E-state index in [-0.39, 0.29) is 6.04 Å². The molecule has 86 valence electrons. The molecular formula is C11H17N5. The molecule has 2 aromatic rings. The summed E-state index contributed by atoms with van der Waals surface area (Å²) < 4.78 is 3.64. The maximum atomic E-state index is 4.38. The number of hydrogen-bond acceptors (Lipinski definition) is 3.